The fourth-order valence-corrected chi connectivity index (χ4v) is 1.22. The van der Waals surface area contributed by atoms with Crippen LogP contribution >= 0.6 is 0 Å². The van der Waals surface area contributed by atoms with E-state index >= 15 is 0 Å². The van der Waals surface area contributed by atoms with E-state index in [2.05, 4.69) is 25.4 Å². The smallest absolute Gasteiger partial charge is 0.537 e. The topological polar surface area (TPSA) is 38.7 Å². The zero-order chi connectivity index (χ0) is 12.9. The molecule has 0 saturated carbocycles. The van der Waals surface area contributed by atoms with Crippen LogP contribution in [0.25, 0.3) is 0 Å². The Kier molecular flexibility index (Phi) is 4.81. The summed E-state index contributed by atoms with van der Waals surface area (Å²) in [5, 5.41) is 8.47. The average molecular weight is 239 g/mol. The van der Waals surface area contributed by atoms with Gasteiger partial charge in [0, 0.05) is 18.2 Å². The third kappa shape index (κ3) is 5.59. The first-order valence-corrected chi connectivity index (χ1v) is 5.47. The van der Waals surface area contributed by atoms with Crippen molar-refractivity contribution in [1.82, 2.24) is 0 Å². The summed E-state index contributed by atoms with van der Waals surface area (Å²) in [6.07, 6.45) is 0.867. The molecule has 1 rings (SSSR count). The summed E-state index contributed by atoms with van der Waals surface area (Å²) in [6.45, 7) is 6.83. The van der Waals surface area contributed by atoms with Crippen molar-refractivity contribution >= 4 is 7.69 Å². The Hall–Kier alpha value is -1.23. The number of benzene rings is 1. The van der Waals surface area contributed by atoms with Crippen molar-refractivity contribution in [3.05, 3.63) is 24.0 Å². The summed E-state index contributed by atoms with van der Waals surface area (Å²) in [4.78, 5) is 0. The predicted octanol–water partition coefficient (Wildman–Crippen LogP) is 2.55. The fraction of sp³-hybridized carbons (Fsp3) is 0.500. The second-order valence-electron chi connectivity index (χ2n) is 5.01. The Labute approximate surface area is 102 Å². The van der Waals surface area contributed by atoms with E-state index < -0.39 is 5.82 Å². The highest BCUT2D eigenvalue weighted by Crippen LogP contribution is 2.24. The van der Waals surface area contributed by atoms with Crippen LogP contribution < -0.4 is 9.39 Å². The molecule has 1 aromatic rings. The van der Waals surface area contributed by atoms with E-state index in [1.807, 2.05) is 0 Å². The Bertz CT molecular complexity index is 363. The largest absolute Gasteiger partial charge is 0.569 e. The van der Waals surface area contributed by atoms with Gasteiger partial charge < -0.3 is 14.4 Å². The summed E-state index contributed by atoms with van der Waals surface area (Å²) < 4.78 is 23.3. The Morgan fingerprint density at radius 3 is 2.47 bits per heavy atom. The zero-order valence-electron chi connectivity index (χ0n) is 10.4. The third-order valence-electron chi connectivity index (χ3n) is 2.15. The van der Waals surface area contributed by atoms with Crippen molar-refractivity contribution in [2.45, 2.75) is 27.2 Å². The minimum absolute atomic E-state index is 0.172. The van der Waals surface area contributed by atoms with Gasteiger partial charge in [0.2, 0.25) is 0 Å². The minimum Gasteiger partial charge on any atom is -0.537 e. The van der Waals surface area contributed by atoms with Gasteiger partial charge in [-0.1, -0.05) is 20.8 Å². The van der Waals surface area contributed by atoms with Crippen molar-refractivity contribution in [3.63, 3.8) is 0 Å². The van der Waals surface area contributed by atoms with Crippen LogP contribution in [0.3, 0.4) is 0 Å². The maximum Gasteiger partial charge on any atom is 0.569 e. The van der Waals surface area contributed by atoms with Crippen LogP contribution in [-0.4, -0.2) is 19.3 Å². The first-order valence-electron chi connectivity index (χ1n) is 5.47. The lowest BCUT2D eigenvalue weighted by atomic mass is 9.93. The number of hydrogen-bond acceptors (Lipinski definition) is 3. The van der Waals surface area contributed by atoms with Gasteiger partial charge in [-0.25, -0.2) is 4.39 Å². The van der Waals surface area contributed by atoms with Gasteiger partial charge in [-0.05, 0) is 11.8 Å². The van der Waals surface area contributed by atoms with E-state index in [1.165, 1.54) is 18.2 Å². The summed E-state index contributed by atoms with van der Waals surface area (Å²) in [5.74, 6) is 0.138. The maximum absolute atomic E-state index is 13.2. The molecular formula is C12H17BFO3. The van der Waals surface area contributed by atoms with Crippen molar-refractivity contribution in [2.24, 2.45) is 5.41 Å². The molecule has 3 nitrogen and oxygen atoms in total. The van der Waals surface area contributed by atoms with Gasteiger partial charge in [0.1, 0.15) is 17.3 Å². The summed E-state index contributed by atoms with van der Waals surface area (Å²) in [5.41, 5.74) is 0.172. The number of rotatable bonds is 5. The molecular weight excluding hydrogens is 222 g/mol. The minimum atomic E-state index is -0.463. The normalized spacial score (nSPS) is 11.1. The SMILES string of the molecule is CC(C)(C)CCOc1cc(F)cc(O[B]O)c1. The van der Waals surface area contributed by atoms with E-state index in [1.54, 1.807) is 0 Å². The van der Waals surface area contributed by atoms with Gasteiger partial charge in [-0.15, -0.1) is 0 Å². The van der Waals surface area contributed by atoms with Gasteiger partial charge in [-0.3, -0.25) is 0 Å². The Morgan fingerprint density at radius 1 is 1.24 bits per heavy atom. The van der Waals surface area contributed by atoms with Crippen LogP contribution in [0.1, 0.15) is 27.2 Å². The molecule has 0 aliphatic carbocycles. The van der Waals surface area contributed by atoms with Crippen molar-refractivity contribution in [1.29, 1.82) is 0 Å². The number of halogens is 1. The lowest BCUT2D eigenvalue weighted by molar-refractivity contribution is 0.242. The highest BCUT2D eigenvalue weighted by Gasteiger charge is 2.10. The van der Waals surface area contributed by atoms with Crippen LogP contribution in [0, 0.1) is 11.2 Å². The first-order chi connectivity index (χ1) is 7.90. The van der Waals surface area contributed by atoms with Gasteiger partial charge >= 0.3 is 7.69 Å². The molecule has 0 aromatic heterocycles. The first kappa shape index (κ1) is 13.8. The predicted molar refractivity (Wildman–Crippen MR) is 64.6 cm³/mol. The Balaban J connectivity index is 2.58. The van der Waals surface area contributed by atoms with Crippen LogP contribution in [-0.2, 0) is 0 Å². The van der Waals surface area contributed by atoms with Crippen molar-refractivity contribution < 1.29 is 18.8 Å². The average Bonchev–Trinajstić information content (AvgIpc) is 2.15. The van der Waals surface area contributed by atoms with E-state index in [4.69, 9.17) is 9.76 Å². The lowest BCUT2D eigenvalue weighted by Gasteiger charge is -2.18. The molecule has 0 unspecified atom stereocenters. The molecule has 0 fully saturated rings. The fourth-order valence-electron chi connectivity index (χ4n) is 1.22. The quantitative estimate of drug-likeness (QED) is 0.802. The molecule has 0 aliphatic rings. The highest BCUT2D eigenvalue weighted by atomic mass is 19.1. The number of hydrogen-bond donors (Lipinski definition) is 1. The van der Waals surface area contributed by atoms with Crippen LogP contribution in [0.5, 0.6) is 11.5 Å². The van der Waals surface area contributed by atoms with Crippen molar-refractivity contribution in [3.8, 4) is 11.5 Å². The van der Waals surface area contributed by atoms with Crippen LogP contribution in [0.15, 0.2) is 18.2 Å². The summed E-state index contributed by atoms with van der Waals surface area (Å²) in [7, 11) is 0.508. The highest BCUT2D eigenvalue weighted by molar-refractivity contribution is 6.17. The molecule has 0 saturated heterocycles. The molecule has 0 bridgehead atoms. The van der Waals surface area contributed by atoms with Gasteiger partial charge in [-0.2, -0.15) is 0 Å². The van der Waals surface area contributed by atoms with Gasteiger partial charge in [0.15, 0.2) is 0 Å². The van der Waals surface area contributed by atoms with E-state index in [0.29, 0.717) is 20.0 Å². The molecule has 0 aliphatic heterocycles. The maximum atomic E-state index is 13.2. The van der Waals surface area contributed by atoms with E-state index in [-0.39, 0.29) is 11.2 Å². The summed E-state index contributed by atoms with van der Waals surface area (Å²) in [6, 6.07) is 3.98. The molecule has 5 heteroatoms. The molecule has 1 radical (unpaired) electrons. The summed E-state index contributed by atoms with van der Waals surface area (Å²) >= 11 is 0. The number of ether oxygens (including phenoxy) is 1. The third-order valence-corrected chi connectivity index (χ3v) is 2.15. The Morgan fingerprint density at radius 2 is 1.88 bits per heavy atom. The molecule has 0 heterocycles. The molecule has 1 aromatic carbocycles. The molecule has 93 valence electrons. The van der Waals surface area contributed by atoms with Gasteiger partial charge in [0.05, 0.1) is 6.61 Å². The molecule has 17 heavy (non-hydrogen) atoms. The molecule has 0 amide bonds. The second-order valence-corrected chi connectivity index (χ2v) is 5.01. The van der Waals surface area contributed by atoms with Crippen LogP contribution in [0.2, 0.25) is 0 Å². The van der Waals surface area contributed by atoms with E-state index in [0.717, 1.165) is 6.42 Å². The second kappa shape index (κ2) is 5.91. The molecule has 0 spiro atoms. The lowest BCUT2D eigenvalue weighted by Crippen LogP contribution is -2.11. The van der Waals surface area contributed by atoms with Gasteiger partial charge in [0.25, 0.3) is 0 Å². The zero-order valence-corrected chi connectivity index (χ0v) is 10.4. The van der Waals surface area contributed by atoms with E-state index in [9.17, 15) is 4.39 Å². The van der Waals surface area contributed by atoms with Crippen LogP contribution in [0.4, 0.5) is 4.39 Å². The standard InChI is InChI=1S/C12H17BFO3/c1-12(2,3)4-5-16-10-6-9(14)7-11(8-10)17-13-15/h6-8,15H,4-5H2,1-3H3. The molecule has 0 atom stereocenters. The monoisotopic (exact) mass is 239 g/mol. The van der Waals surface area contributed by atoms with Crippen molar-refractivity contribution in [2.75, 3.05) is 6.61 Å². The molecule has 1 N–H and O–H groups in total.